The average molecular weight is 397 g/mol. The first-order valence-corrected chi connectivity index (χ1v) is 8.18. The number of nitrogens with one attached hydrogen (secondary N) is 2. The van der Waals surface area contributed by atoms with Gasteiger partial charge in [0.1, 0.15) is 0 Å². The maximum atomic E-state index is 13.6. The number of ether oxygens (including phenoxy) is 3. The van der Waals surface area contributed by atoms with Crippen LogP contribution in [0.15, 0.2) is 36.4 Å². The smallest absolute Gasteiger partial charge is 0.279 e. The third-order valence-corrected chi connectivity index (χ3v) is 3.79. The number of amides is 2. The molecule has 0 unspecified atom stereocenters. The van der Waals surface area contributed by atoms with Crippen molar-refractivity contribution in [2.24, 2.45) is 0 Å². The van der Waals surface area contributed by atoms with Crippen LogP contribution in [0.5, 0.6) is 17.2 Å². The Morgan fingerprint density at radius 2 is 1.78 bits per heavy atom. The second-order valence-corrected chi connectivity index (χ2v) is 5.73. The summed E-state index contributed by atoms with van der Waals surface area (Å²) in [6.45, 7) is 1.42. The molecule has 0 aliphatic carbocycles. The summed E-state index contributed by atoms with van der Waals surface area (Å²) in [5.74, 6) is -1.42. The van der Waals surface area contributed by atoms with Gasteiger partial charge < -0.3 is 14.2 Å². The summed E-state index contributed by atoms with van der Waals surface area (Å²) in [7, 11) is 2.82. The van der Waals surface area contributed by atoms with Crippen molar-refractivity contribution in [1.29, 1.82) is 0 Å². The fraction of sp³-hybridized carbons (Fsp3) is 0.222. The van der Waals surface area contributed by atoms with Gasteiger partial charge in [0.25, 0.3) is 11.8 Å². The van der Waals surface area contributed by atoms with Gasteiger partial charge in [-0.25, -0.2) is 4.39 Å². The summed E-state index contributed by atoms with van der Waals surface area (Å²) in [6.07, 6.45) is -1.05. The number of hydrazine groups is 1. The molecule has 0 heterocycles. The van der Waals surface area contributed by atoms with Gasteiger partial charge in [-0.2, -0.15) is 0 Å². The molecule has 0 saturated carbocycles. The third kappa shape index (κ3) is 5.01. The predicted molar refractivity (Wildman–Crippen MR) is 96.7 cm³/mol. The van der Waals surface area contributed by atoms with Gasteiger partial charge in [0.15, 0.2) is 29.2 Å². The van der Waals surface area contributed by atoms with Crippen LogP contribution < -0.4 is 25.1 Å². The molecule has 0 aliphatic rings. The van der Waals surface area contributed by atoms with Crippen LogP contribution in [0.2, 0.25) is 5.02 Å². The summed E-state index contributed by atoms with van der Waals surface area (Å²) in [5, 5.41) is 0.171. The van der Waals surface area contributed by atoms with E-state index in [-0.39, 0.29) is 27.8 Å². The minimum absolute atomic E-state index is 0.0712. The number of carbonyl (C=O) groups is 2. The molecule has 2 rings (SSSR count). The quantitative estimate of drug-likeness (QED) is 0.733. The van der Waals surface area contributed by atoms with E-state index in [2.05, 4.69) is 10.9 Å². The summed E-state index contributed by atoms with van der Waals surface area (Å²) in [5.41, 5.74) is 4.57. The highest BCUT2D eigenvalue weighted by Crippen LogP contribution is 2.35. The van der Waals surface area contributed by atoms with Crippen molar-refractivity contribution >= 4 is 23.4 Å². The van der Waals surface area contributed by atoms with Gasteiger partial charge in [0.2, 0.25) is 0 Å². The molecule has 2 aromatic rings. The van der Waals surface area contributed by atoms with Crippen LogP contribution in [-0.2, 0) is 4.79 Å². The summed E-state index contributed by atoms with van der Waals surface area (Å²) < 4.78 is 29.0. The fourth-order valence-corrected chi connectivity index (χ4v) is 2.41. The third-order valence-electron chi connectivity index (χ3n) is 3.50. The molecule has 7 nitrogen and oxygen atoms in total. The molecule has 2 aromatic carbocycles. The van der Waals surface area contributed by atoms with Crippen molar-refractivity contribution in [2.45, 2.75) is 13.0 Å². The van der Waals surface area contributed by atoms with Crippen molar-refractivity contribution < 1.29 is 28.2 Å². The van der Waals surface area contributed by atoms with Crippen LogP contribution in [-0.4, -0.2) is 32.1 Å². The van der Waals surface area contributed by atoms with Crippen LogP contribution in [0.25, 0.3) is 0 Å². The first-order chi connectivity index (χ1) is 12.9. The molecule has 0 spiro atoms. The molecule has 2 N–H and O–H groups in total. The van der Waals surface area contributed by atoms with Crippen molar-refractivity contribution in [3.05, 3.63) is 52.8 Å². The molecule has 9 heteroatoms. The lowest BCUT2D eigenvalue weighted by molar-refractivity contribution is -0.128. The summed E-state index contributed by atoms with van der Waals surface area (Å²) in [4.78, 5) is 24.3. The number of hydrogen-bond donors (Lipinski definition) is 2. The van der Waals surface area contributed by atoms with Crippen LogP contribution >= 0.6 is 11.6 Å². The lowest BCUT2D eigenvalue weighted by atomic mass is 10.2. The van der Waals surface area contributed by atoms with E-state index in [0.717, 1.165) is 0 Å². The van der Waals surface area contributed by atoms with Crippen LogP contribution in [0.4, 0.5) is 4.39 Å². The Hall–Kier alpha value is -3.00. The van der Waals surface area contributed by atoms with Gasteiger partial charge in [-0.05, 0) is 31.2 Å². The molecule has 0 saturated heterocycles. The van der Waals surface area contributed by atoms with Crippen LogP contribution in [0, 0.1) is 5.82 Å². The number of para-hydroxylation sites is 1. The number of rotatable bonds is 6. The molecule has 0 fully saturated rings. The SMILES string of the molecule is COc1cc(C(=O)NNC(=O)[C@H](C)Oc2ccccc2F)cc(Cl)c1OC. The Bertz CT molecular complexity index is 846. The van der Waals surface area contributed by atoms with E-state index >= 15 is 0 Å². The predicted octanol–water partition coefficient (Wildman–Crippen LogP) is 2.72. The highest BCUT2D eigenvalue weighted by atomic mass is 35.5. The molecule has 2 amide bonds. The van der Waals surface area contributed by atoms with E-state index < -0.39 is 23.7 Å². The van der Waals surface area contributed by atoms with Gasteiger partial charge in [-0.3, -0.25) is 20.4 Å². The van der Waals surface area contributed by atoms with Gasteiger partial charge in [-0.15, -0.1) is 0 Å². The van der Waals surface area contributed by atoms with E-state index in [4.69, 9.17) is 25.8 Å². The number of carbonyl (C=O) groups excluding carboxylic acids is 2. The van der Waals surface area contributed by atoms with E-state index in [1.165, 1.54) is 51.5 Å². The molecule has 144 valence electrons. The van der Waals surface area contributed by atoms with Crippen molar-refractivity contribution in [3.63, 3.8) is 0 Å². The normalized spacial score (nSPS) is 11.3. The standard InChI is InChI=1S/C18H18ClFN2O5/c1-10(27-14-7-5-4-6-13(14)20)17(23)21-22-18(24)11-8-12(19)16(26-3)15(9-11)25-2/h4-10H,1-3H3,(H,21,23)(H,22,24)/t10-/m0/s1. The minimum Gasteiger partial charge on any atom is -0.493 e. The number of benzene rings is 2. The maximum absolute atomic E-state index is 13.6. The van der Waals surface area contributed by atoms with Crippen molar-refractivity contribution in [2.75, 3.05) is 14.2 Å². The first-order valence-electron chi connectivity index (χ1n) is 7.80. The largest absolute Gasteiger partial charge is 0.493 e. The molecular formula is C18H18ClFN2O5. The zero-order valence-corrected chi connectivity index (χ0v) is 15.6. The van der Waals surface area contributed by atoms with E-state index in [0.29, 0.717) is 0 Å². The van der Waals surface area contributed by atoms with E-state index in [9.17, 15) is 14.0 Å². The Kier molecular flexibility index (Phi) is 6.84. The molecular weight excluding hydrogens is 379 g/mol. The van der Waals surface area contributed by atoms with Gasteiger partial charge in [-0.1, -0.05) is 23.7 Å². The highest BCUT2D eigenvalue weighted by molar-refractivity contribution is 6.32. The zero-order chi connectivity index (χ0) is 20.0. The molecule has 0 aliphatic heterocycles. The molecule has 0 bridgehead atoms. The average Bonchev–Trinajstić information content (AvgIpc) is 2.66. The van der Waals surface area contributed by atoms with Crippen molar-refractivity contribution in [3.8, 4) is 17.2 Å². The Labute approximate surface area is 160 Å². The Morgan fingerprint density at radius 1 is 1.07 bits per heavy atom. The molecule has 27 heavy (non-hydrogen) atoms. The van der Waals surface area contributed by atoms with Crippen LogP contribution in [0.1, 0.15) is 17.3 Å². The highest BCUT2D eigenvalue weighted by Gasteiger charge is 2.19. The fourth-order valence-electron chi connectivity index (χ4n) is 2.13. The number of hydrogen-bond acceptors (Lipinski definition) is 5. The van der Waals surface area contributed by atoms with E-state index in [1.807, 2.05) is 0 Å². The summed E-state index contributed by atoms with van der Waals surface area (Å²) >= 11 is 6.05. The lowest BCUT2D eigenvalue weighted by Gasteiger charge is -2.16. The Balaban J connectivity index is 1.99. The first kappa shape index (κ1) is 20.3. The second kappa shape index (κ2) is 9.09. The summed E-state index contributed by atoms with van der Waals surface area (Å²) in [6, 6.07) is 8.45. The number of halogens is 2. The number of methoxy groups -OCH3 is 2. The molecule has 1 atom stereocenters. The van der Waals surface area contributed by atoms with Gasteiger partial charge in [0.05, 0.1) is 19.2 Å². The maximum Gasteiger partial charge on any atom is 0.279 e. The van der Waals surface area contributed by atoms with Gasteiger partial charge in [0, 0.05) is 5.56 Å². The van der Waals surface area contributed by atoms with E-state index in [1.54, 1.807) is 6.07 Å². The van der Waals surface area contributed by atoms with Crippen molar-refractivity contribution in [1.82, 2.24) is 10.9 Å². The zero-order valence-electron chi connectivity index (χ0n) is 14.8. The topological polar surface area (TPSA) is 85.9 Å². The minimum atomic E-state index is -1.05. The second-order valence-electron chi connectivity index (χ2n) is 5.33. The lowest BCUT2D eigenvalue weighted by Crippen LogP contribution is -2.47. The Morgan fingerprint density at radius 3 is 2.41 bits per heavy atom. The van der Waals surface area contributed by atoms with Crippen LogP contribution in [0.3, 0.4) is 0 Å². The molecule has 0 radical (unpaired) electrons. The molecule has 0 aromatic heterocycles. The monoisotopic (exact) mass is 396 g/mol. The van der Waals surface area contributed by atoms with Gasteiger partial charge >= 0.3 is 0 Å².